The summed E-state index contributed by atoms with van der Waals surface area (Å²) >= 11 is 0. The summed E-state index contributed by atoms with van der Waals surface area (Å²) in [5.74, 6) is 0.560. The van der Waals surface area contributed by atoms with Crippen LogP contribution in [0, 0.1) is 5.92 Å². The average Bonchev–Trinajstić information content (AvgIpc) is 2.82. The number of hydrogen-bond donors (Lipinski definition) is 1. The quantitative estimate of drug-likeness (QED) is 0.594. The highest BCUT2D eigenvalue weighted by molar-refractivity contribution is 5.45. The number of methoxy groups -OCH3 is 1. The van der Waals surface area contributed by atoms with Crippen molar-refractivity contribution >= 4 is 6.41 Å². The number of ether oxygens (including phenoxy) is 1. The summed E-state index contributed by atoms with van der Waals surface area (Å²) in [6.07, 6.45) is 7.78. The third-order valence-electron chi connectivity index (χ3n) is 1.88. The van der Waals surface area contributed by atoms with Gasteiger partial charge in [-0.25, -0.2) is 0 Å². The van der Waals surface area contributed by atoms with Gasteiger partial charge >= 0.3 is 0 Å². The number of amides is 1. The Morgan fingerprint density at radius 1 is 1.50 bits per heavy atom. The highest BCUT2D eigenvalue weighted by Gasteiger charge is 2.04. The van der Waals surface area contributed by atoms with Crippen LogP contribution in [0.1, 0.15) is 40.5 Å². The molecule has 0 bridgehead atoms. The lowest BCUT2D eigenvalue weighted by atomic mass is 10.2. The normalized spacial score (nSPS) is 17.0. The summed E-state index contributed by atoms with van der Waals surface area (Å²) < 4.78 is 5.02. The molecular formula is C13H27NO2. The first-order valence-electron chi connectivity index (χ1n) is 6.07. The Morgan fingerprint density at radius 2 is 2.12 bits per heavy atom. The number of carbonyl (C=O) groups excluding carboxylic acids is 1. The molecule has 3 heteroatoms. The Morgan fingerprint density at radius 3 is 2.31 bits per heavy atom. The van der Waals surface area contributed by atoms with Crippen LogP contribution in [-0.4, -0.2) is 26.2 Å². The molecule has 96 valence electrons. The Kier molecular flexibility index (Phi) is 15.6. The van der Waals surface area contributed by atoms with Gasteiger partial charge in [-0.15, -0.1) is 0 Å². The lowest BCUT2D eigenvalue weighted by Gasteiger charge is -2.00. The van der Waals surface area contributed by atoms with Gasteiger partial charge in [-0.05, 0) is 18.8 Å². The van der Waals surface area contributed by atoms with Gasteiger partial charge in [-0.3, -0.25) is 4.79 Å². The van der Waals surface area contributed by atoms with E-state index in [2.05, 4.69) is 31.3 Å². The second-order valence-electron chi connectivity index (χ2n) is 3.70. The van der Waals surface area contributed by atoms with E-state index in [0.29, 0.717) is 12.0 Å². The zero-order valence-electron chi connectivity index (χ0n) is 11.3. The predicted molar refractivity (Wildman–Crippen MR) is 69.4 cm³/mol. The number of allylic oxidation sites excluding steroid dienone is 1. The molecule has 0 saturated carbocycles. The molecule has 16 heavy (non-hydrogen) atoms. The van der Waals surface area contributed by atoms with Crippen molar-refractivity contribution in [1.29, 1.82) is 0 Å². The predicted octanol–water partition coefficient (Wildman–Crippen LogP) is 2.77. The Hall–Kier alpha value is -0.830. The van der Waals surface area contributed by atoms with E-state index in [1.807, 2.05) is 13.8 Å². The van der Waals surface area contributed by atoms with E-state index in [1.165, 1.54) is 12.8 Å². The number of rotatable bonds is 4. The van der Waals surface area contributed by atoms with Crippen molar-refractivity contribution in [3.63, 3.8) is 0 Å². The molecule has 0 aromatic rings. The maximum atomic E-state index is 9.60. The van der Waals surface area contributed by atoms with Crippen molar-refractivity contribution in [3.8, 4) is 0 Å². The molecule has 1 unspecified atom stereocenters. The average molecular weight is 229 g/mol. The molecule has 1 N–H and O–H groups in total. The molecule has 1 amide bonds. The van der Waals surface area contributed by atoms with E-state index >= 15 is 0 Å². The molecule has 0 aromatic heterocycles. The summed E-state index contributed by atoms with van der Waals surface area (Å²) in [5.41, 5.74) is 0. The third kappa shape index (κ3) is 13.2. The fourth-order valence-electron chi connectivity index (χ4n) is 1.08. The second kappa shape index (κ2) is 14.2. The van der Waals surface area contributed by atoms with E-state index in [9.17, 15) is 4.79 Å². The molecule has 0 radical (unpaired) electrons. The molecule has 0 aliphatic heterocycles. The molecular weight excluding hydrogens is 202 g/mol. The number of carbonyl (C=O) groups is 1. The monoisotopic (exact) mass is 229 g/mol. The van der Waals surface area contributed by atoms with Gasteiger partial charge in [0, 0.05) is 13.7 Å². The van der Waals surface area contributed by atoms with Gasteiger partial charge in [-0.1, -0.05) is 39.8 Å². The van der Waals surface area contributed by atoms with Crippen molar-refractivity contribution < 1.29 is 9.53 Å². The van der Waals surface area contributed by atoms with Crippen molar-refractivity contribution in [2.45, 2.75) is 46.6 Å². The van der Waals surface area contributed by atoms with Crippen LogP contribution in [-0.2, 0) is 9.53 Å². The summed E-state index contributed by atoms with van der Waals surface area (Å²) in [4.78, 5) is 9.60. The highest BCUT2D eigenvalue weighted by Crippen LogP contribution is 2.10. The molecule has 0 heterocycles. The summed E-state index contributed by atoms with van der Waals surface area (Å²) in [6, 6.07) is 0. The van der Waals surface area contributed by atoms with E-state index in [0.717, 1.165) is 13.0 Å². The lowest BCUT2D eigenvalue weighted by molar-refractivity contribution is -0.109. The van der Waals surface area contributed by atoms with Crippen molar-refractivity contribution in [2.75, 3.05) is 13.7 Å². The Bertz CT molecular complexity index is 167. The van der Waals surface area contributed by atoms with Crippen molar-refractivity contribution in [2.24, 2.45) is 5.92 Å². The van der Waals surface area contributed by atoms with Crippen LogP contribution in [0.5, 0.6) is 0 Å². The van der Waals surface area contributed by atoms with Gasteiger partial charge in [0.15, 0.2) is 0 Å². The minimum Gasteiger partial charge on any atom is -0.377 e. The molecule has 1 atom stereocenters. The first kappa shape index (κ1) is 17.6. The van der Waals surface area contributed by atoms with Crippen LogP contribution in [0.4, 0.5) is 0 Å². The molecule has 1 aliphatic rings. The second-order valence-corrected chi connectivity index (χ2v) is 3.70. The van der Waals surface area contributed by atoms with Crippen LogP contribution in [0.15, 0.2) is 12.2 Å². The van der Waals surface area contributed by atoms with E-state index in [4.69, 9.17) is 4.74 Å². The molecule has 1 aliphatic carbocycles. The molecule has 0 fully saturated rings. The van der Waals surface area contributed by atoms with Crippen LogP contribution in [0.3, 0.4) is 0 Å². The zero-order chi connectivity index (χ0) is 12.8. The first-order chi connectivity index (χ1) is 7.70. The molecule has 0 spiro atoms. The summed E-state index contributed by atoms with van der Waals surface area (Å²) in [7, 11) is 1.75. The van der Waals surface area contributed by atoms with Gasteiger partial charge in [-0.2, -0.15) is 0 Å². The largest absolute Gasteiger partial charge is 0.377 e. The maximum Gasteiger partial charge on any atom is 0.207 e. The molecule has 3 nitrogen and oxygen atoms in total. The highest BCUT2D eigenvalue weighted by atomic mass is 16.5. The van der Waals surface area contributed by atoms with Gasteiger partial charge in [0.25, 0.3) is 0 Å². The minimum absolute atomic E-state index is 0.417. The van der Waals surface area contributed by atoms with Gasteiger partial charge in [0.2, 0.25) is 6.41 Å². The molecule has 0 aromatic carbocycles. The fourth-order valence-corrected chi connectivity index (χ4v) is 1.08. The van der Waals surface area contributed by atoms with E-state index in [-0.39, 0.29) is 0 Å². The van der Waals surface area contributed by atoms with E-state index < -0.39 is 0 Å². The van der Waals surface area contributed by atoms with Crippen LogP contribution >= 0.6 is 0 Å². The lowest BCUT2D eigenvalue weighted by Crippen LogP contribution is -2.16. The zero-order valence-corrected chi connectivity index (χ0v) is 11.3. The number of nitrogens with one attached hydrogen (secondary N) is 1. The third-order valence-corrected chi connectivity index (χ3v) is 1.88. The van der Waals surface area contributed by atoms with Crippen LogP contribution in [0.25, 0.3) is 0 Å². The molecule has 1 rings (SSSR count). The minimum atomic E-state index is 0.417. The van der Waals surface area contributed by atoms with Gasteiger partial charge in [0.05, 0.1) is 6.10 Å². The maximum absolute atomic E-state index is 9.60. The van der Waals surface area contributed by atoms with Crippen LogP contribution in [0.2, 0.25) is 0 Å². The van der Waals surface area contributed by atoms with Gasteiger partial charge in [0.1, 0.15) is 0 Å². The topological polar surface area (TPSA) is 38.3 Å². The number of hydrogen-bond acceptors (Lipinski definition) is 2. The van der Waals surface area contributed by atoms with Gasteiger partial charge < -0.3 is 10.1 Å². The first-order valence-corrected chi connectivity index (χ1v) is 6.07. The fraction of sp³-hybridized carbons (Fsp3) is 0.769. The van der Waals surface area contributed by atoms with Crippen molar-refractivity contribution in [3.05, 3.63) is 12.2 Å². The van der Waals surface area contributed by atoms with Crippen LogP contribution < -0.4 is 5.32 Å². The SMILES string of the molecule is CC.CC(C)CNC=O.COC1C=CCC1. The smallest absolute Gasteiger partial charge is 0.207 e. The van der Waals surface area contributed by atoms with Crippen molar-refractivity contribution in [1.82, 2.24) is 5.32 Å². The Labute approximate surface area is 100 Å². The standard InChI is InChI=1S/C6H10O.C5H11NO.C2H6/c1-7-6-4-2-3-5-6;1-5(2)3-6-4-7;1-2/h2,4,6H,3,5H2,1H3;4-5H,3H2,1-2H3,(H,6,7);1-2H3. The Balaban J connectivity index is 0. The summed E-state index contributed by atoms with van der Waals surface area (Å²) in [6.45, 7) is 8.89. The molecule has 0 saturated heterocycles. The summed E-state index contributed by atoms with van der Waals surface area (Å²) in [5, 5.41) is 2.57. The van der Waals surface area contributed by atoms with E-state index in [1.54, 1.807) is 7.11 Å².